The van der Waals surface area contributed by atoms with E-state index in [4.69, 9.17) is 0 Å². The fourth-order valence-electron chi connectivity index (χ4n) is 3.20. The van der Waals surface area contributed by atoms with Crippen LogP contribution < -0.4 is 10.0 Å². The molecular weight excluding hydrogens is 438 g/mol. The topological polar surface area (TPSA) is 115 Å². The second-order valence-electron chi connectivity index (χ2n) is 7.65. The van der Waals surface area contributed by atoms with E-state index in [0.717, 1.165) is 16.8 Å². The van der Waals surface area contributed by atoms with Gasteiger partial charge >= 0.3 is 0 Å². The highest BCUT2D eigenvalue weighted by Crippen LogP contribution is 2.19. The predicted molar refractivity (Wildman–Crippen MR) is 126 cm³/mol. The minimum atomic E-state index is -3.56. The Labute approximate surface area is 193 Å². The lowest BCUT2D eigenvalue weighted by Gasteiger charge is -2.11. The van der Waals surface area contributed by atoms with Gasteiger partial charge < -0.3 is 5.32 Å². The summed E-state index contributed by atoms with van der Waals surface area (Å²) >= 11 is 0. The van der Waals surface area contributed by atoms with Gasteiger partial charge in [-0.15, -0.1) is 5.10 Å². The molecule has 2 heterocycles. The molecule has 4 rings (SSSR count). The van der Waals surface area contributed by atoms with E-state index < -0.39 is 10.0 Å². The molecule has 0 atom stereocenters. The van der Waals surface area contributed by atoms with Crippen LogP contribution in [0.15, 0.2) is 71.9 Å². The molecule has 2 aromatic heterocycles. The van der Waals surface area contributed by atoms with Crippen molar-refractivity contribution in [3.05, 3.63) is 89.6 Å². The van der Waals surface area contributed by atoms with Gasteiger partial charge in [-0.3, -0.25) is 0 Å². The number of hydrogen-bond acceptors (Lipinski definition) is 7. The van der Waals surface area contributed by atoms with Crippen LogP contribution in [0.2, 0.25) is 0 Å². The highest BCUT2D eigenvalue weighted by molar-refractivity contribution is 7.89. The molecule has 0 radical (unpaired) electrons. The average molecular weight is 464 g/mol. The van der Waals surface area contributed by atoms with Crippen molar-refractivity contribution in [1.29, 1.82) is 0 Å². The highest BCUT2D eigenvalue weighted by atomic mass is 32.2. The van der Waals surface area contributed by atoms with Gasteiger partial charge in [0.25, 0.3) is 0 Å². The Morgan fingerprint density at radius 3 is 2.52 bits per heavy atom. The zero-order valence-corrected chi connectivity index (χ0v) is 19.2. The number of nitrogens with one attached hydrogen (secondary N) is 2. The van der Waals surface area contributed by atoms with E-state index in [1.807, 2.05) is 44.2 Å². The third kappa shape index (κ3) is 5.99. The Morgan fingerprint density at radius 2 is 1.76 bits per heavy atom. The summed E-state index contributed by atoms with van der Waals surface area (Å²) < 4.78 is 29.1. The molecule has 0 bridgehead atoms. The van der Waals surface area contributed by atoms with Crippen molar-refractivity contribution >= 4 is 21.5 Å². The molecule has 0 unspecified atom stereocenters. The van der Waals surface area contributed by atoms with Gasteiger partial charge in [0.15, 0.2) is 0 Å². The van der Waals surface area contributed by atoms with E-state index in [1.54, 1.807) is 41.3 Å². The first-order valence-electron chi connectivity index (χ1n) is 10.5. The molecule has 0 aliphatic rings. The summed E-state index contributed by atoms with van der Waals surface area (Å²) in [7, 11) is -3.56. The first-order valence-corrected chi connectivity index (χ1v) is 12.0. The molecule has 10 heteroatoms. The Balaban J connectivity index is 1.39. The van der Waals surface area contributed by atoms with Crippen molar-refractivity contribution in [3.8, 4) is 0 Å². The maximum Gasteiger partial charge on any atom is 0.240 e. The van der Waals surface area contributed by atoms with Crippen LogP contribution in [-0.2, 0) is 23.0 Å². The van der Waals surface area contributed by atoms with E-state index >= 15 is 0 Å². The largest absolute Gasteiger partial charge is 0.340 e. The quantitative estimate of drug-likeness (QED) is 0.392. The number of para-hydroxylation sites is 1. The van der Waals surface area contributed by atoms with Crippen LogP contribution in [-0.4, -0.2) is 39.9 Å². The molecule has 0 spiro atoms. The van der Waals surface area contributed by atoms with E-state index in [2.05, 4.69) is 30.3 Å². The van der Waals surface area contributed by atoms with Crippen molar-refractivity contribution in [1.82, 2.24) is 29.7 Å². The third-order valence-electron chi connectivity index (χ3n) is 4.94. The molecular formula is C23H25N7O2S. The molecule has 0 aliphatic carbocycles. The van der Waals surface area contributed by atoms with Crippen LogP contribution in [0.25, 0.3) is 0 Å². The van der Waals surface area contributed by atoms with Crippen LogP contribution in [0.3, 0.4) is 0 Å². The predicted octanol–water partition coefficient (Wildman–Crippen LogP) is 3.00. The smallest absolute Gasteiger partial charge is 0.240 e. The number of hydrogen-bond donors (Lipinski definition) is 2. The standard InChI is InChI=1S/C23H25N7O2S/c1-17-8-10-22(11-9-17)33(31,32)25-13-12-21-16-30(29-28-21)15-19-14-24-18(2)26-23(19)27-20-6-4-3-5-7-20/h3-11,14,16,25H,12-13,15H2,1-2H3,(H,24,26,27). The van der Waals surface area contributed by atoms with Crippen LogP contribution >= 0.6 is 0 Å². The lowest BCUT2D eigenvalue weighted by molar-refractivity contribution is 0.581. The molecule has 0 saturated carbocycles. The second-order valence-corrected chi connectivity index (χ2v) is 9.42. The Hall–Kier alpha value is -3.63. The summed E-state index contributed by atoms with van der Waals surface area (Å²) in [6.07, 6.45) is 3.99. The molecule has 33 heavy (non-hydrogen) atoms. The fourth-order valence-corrected chi connectivity index (χ4v) is 4.23. The SMILES string of the molecule is Cc1ccc(S(=O)(=O)NCCc2cn(Cc3cnc(C)nc3Nc3ccccc3)nn2)cc1. The van der Waals surface area contributed by atoms with E-state index in [-0.39, 0.29) is 11.4 Å². The molecule has 0 saturated heterocycles. The molecule has 0 fully saturated rings. The summed E-state index contributed by atoms with van der Waals surface area (Å²) in [6, 6.07) is 16.5. The number of nitrogens with zero attached hydrogens (tertiary/aromatic N) is 5. The van der Waals surface area contributed by atoms with Gasteiger partial charge in [-0.2, -0.15) is 0 Å². The summed E-state index contributed by atoms with van der Waals surface area (Å²) in [5, 5.41) is 11.7. The van der Waals surface area contributed by atoms with E-state index in [9.17, 15) is 8.42 Å². The molecule has 0 aliphatic heterocycles. The Kier molecular flexibility index (Phi) is 6.76. The lowest BCUT2D eigenvalue weighted by atomic mass is 10.2. The van der Waals surface area contributed by atoms with Gasteiger partial charge in [-0.25, -0.2) is 27.8 Å². The van der Waals surface area contributed by atoms with Crippen LogP contribution in [0.5, 0.6) is 0 Å². The van der Waals surface area contributed by atoms with Crippen molar-refractivity contribution in [3.63, 3.8) is 0 Å². The van der Waals surface area contributed by atoms with Gasteiger partial charge in [0.1, 0.15) is 11.6 Å². The monoisotopic (exact) mass is 463 g/mol. The Morgan fingerprint density at radius 1 is 1.00 bits per heavy atom. The number of aromatic nitrogens is 5. The van der Waals surface area contributed by atoms with Gasteiger partial charge in [0, 0.05) is 36.6 Å². The summed E-state index contributed by atoms with van der Waals surface area (Å²) in [5.41, 5.74) is 3.48. The van der Waals surface area contributed by atoms with Gasteiger partial charge in [-0.1, -0.05) is 41.1 Å². The molecule has 170 valence electrons. The van der Waals surface area contributed by atoms with Gasteiger partial charge in [0.2, 0.25) is 10.0 Å². The van der Waals surface area contributed by atoms with E-state index in [0.29, 0.717) is 30.3 Å². The minimum absolute atomic E-state index is 0.226. The lowest BCUT2D eigenvalue weighted by Crippen LogP contribution is -2.26. The minimum Gasteiger partial charge on any atom is -0.340 e. The van der Waals surface area contributed by atoms with Gasteiger partial charge in [-0.05, 0) is 38.1 Å². The molecule has 9 nitrogen and oxygen atoms in total. The zero-order chi connectivity index (χ0) is 23.3. The second kappa shape index (κ2) is 9.88. The first kappa shape index (κ1) is 22.6. The van der Waals surface area contributed by atoms with Crippen LogP contribution in [0.1, 0.15) is 22.6 Å². The van der Waals surface area contributed by atoms with Crippen molar-refractivity contribution < 1.29 is 8.42 Å². The summed E-state index contributed by atoms with van der Waals surface area (Å²) in [6.45, 7) is 4.41. The highest BCUT2D eigenvalue weighted by Gasteiger charge is 2.14. The van der Waals surface area contributed by atoms with Crippen LogP contribution in [0.4, 0.5) is 11.5 Å². The number of sulfonamides is 1. The van der Waals surface area contributed by atoms with Crippen molar-refractivity contribution in [2.24, 2.45) is 0 Å². The first-order chi connectivity index (χ1) is 15.9. The summed E-state index contributed by atoms with van der Waals surface area (Å²) in [5.74, 6) is 1.37. The number of benzene rings is 2. The number of aryl methyl sites for hydroxylation is 2. The Bertz CT molecular complexity index is 1320. The molecule has 0 amide bonds. The zero-order valence-electron chi connectivity index (χ0n) is 18.4. The number of rotatable bonds is 9. The number of anilines is 2. The third-order valence-corrected chi connectivity index (χ3v) is 6.42. The normalized spacial score (nSPS) is 11.5. The summed E-state index contributed by atoms with van der Waals surface area (Å²) in [4.78, 5) is 9.07. The maximum atomic E-state index is 12.4. The van der Waals surface area contributed by atoms with E-state index in [1.165, 1.54) is 0 Å². The molecule has 2 N–H and O–H groups in total. The fraction of sp³-hybridized carbons (Fsp3) is 0.217. The molecule has 4 aromatic rings. The maximum absolute atomic E-state index is 12.4. The van der Waals surface area contributed by atoms with Crippen LogP contribution in [0, 0.1) is 13.8 Å². The van der Waals surface area contributed by atoms with Gasteiger partial charge in [0.05, 0.1) is 17.1 Å². The molecule has 2 aromatic carbocycles. The average Bonchev–Trinajstić information content (AvgIpc) is 3.24. The van der Waals surface area contributed by atoms with Crippen molar-refractivity contribution in [2.75, 3.05) is 11.9 Å². The van der Waals surface area contributed by atoms with Crippen molar-refractivity contribution in [2.45, 2.75) is 31.7 Å².